The Morgan fingerprint density at radius 1 is 0.947 bits per heavy atom. The van der Waals surface area contributed by atoms with E-state index in [1.807, 2.05) is 18.2 Å². The van der Waals surface area contributed by atoms with E-state index in [9.17, 15) is 0 Å². The summed E-state index contributed by atoms with van der Waals surface area (Å²) in [6, 6.07) is 10.3. The van der Waals surface area contributed by atoms with Crippen LogP contribution in [0.25, 0.3) is 0 Å². The Morgan fingerprint density at radius 3 is 2.74 bits per heavy atom. The van der Waals surface area contributed by atoms with Crippen LogP contribution in [0.1, 0.15) is 63.4 Å². The molecule has 0 spiro atoms. The molecule has 0 bridgehead atoms. The molecule has 0 atom stereocenters. The van der Waals surface area contributed by atoms with Gasteiger partial charge in [0.2, 0.25) is 0 Å². The molecule has 100 valence electrons. The summed E-state index contributed by atoms with van der Waals surface area (Å²) in [5.41, 5.74) is 2.84. The molecule has 1 aliphatic carbocycles. The number of unbranched alkanes of at least 4 members (excludes halogenated alkanes) is 2. The lowest BCUT2D eigenvalue weighted by molar-refractivity contribution is 0.683. The van der Waals surface area contributed by atoms with E-state index in [1.54, 1.807) is 5.57 Å². The fourth-order valence-corrected chi connectivity index (χ4v) is 2.56. The summed E-state index contributed by atoms with van der Waals surface area (Å²) in [4.78, 5) is 0. The molecule has 0 nitrogen and oxygen atoms in total. The molecule has 0 aliphatic heterocycles. The van der Waals surface area contributed by atoms with Crippen LogP contribution >= 0.6 is 0 Å². The Morgan fingerprint density at radius 2 is 1.84 bits per heavy atom. The highest BCUT2D eigenvalue weighted by Gasteiger charge is 2.01. The van der Waals surface area contributed by atoms with Crippen LogP contribution in [0, 0.1) is 11.8 Å². The lowest BCUT2D eigenvalue weighted by Gasteiger charge is -2.03. The van der Waals surface area contributed by atoms with Gasteiger partial charge in [0.15, 0.2) is 0 Å². The number of hydrogen-bond donors (Lipinski definition) is 0. The van der Waals surface area contributed by atoms with Gasteiger partial charge in [0.05, 0.1) is 0 Å². The fourth-order valence-electron chi connectivity index (χ4n) is 2.56. The third-order valence-corrected chi connectivity index (χ3v) is 3.69. The third-order valence-electron chi connectivity index (χ3n) is 3.69. The Hall–Kier alpha value is -1.48. The van der Waals surface area contributed by atoms with Gasteiger partial charge in [-0.3, -0.25) is 0 Å². The van der Waals surface area contributed by atoms with Gasteiger partial charge in [-0.2, -0.15) is 0 Å². The van der Waals surface area contributed by atoms with E-state index >= 15 is 0 Å². The van der Waals surface area contributed by atoms with Crippen molar-refractivity contribution < 1.29 is 0 Å². The largest absolute Gasteiger partial charge is 0.0979 e. The van der Waals surface area contributed by atoms with E-state index in [-0.39, 0.29) is 0 Å². The lowest BCUT2D eigenvalue weighted by atomic mass is 10.0. The maximum absolute atomic E-state index is 3.28. The zero-order chi connectivity index (χ0) is 13.2. The molecule has 0 saturated heterocycles. The van der Waals surface area contributed by atoms with Gasteiger partial charge in [-0.15, -0.1) is 0 Å². The molecule has 0 amide bonds. The summed E-state index contributed by atoms with van der Waals surface area (Å²) in [5, 5.41) is 0. The van der Waals surface area contributed by atoms with Gasteiger partial charge in [0.1, 0.15) is 0 Å². The second-order valence-corrected chi connectivity index (χ2v) is 5.34. The molecule has 1 aliphatic rings. The highest BCUT2D eigenvalue weighted by atomic mass is 14.1. The molecule has 0 aromatic heterocycles. The van der Waals surface area contributed by atoms with Crippen molar-refractivity contribution in [3.05, 3.63) is 47.5 Å². The Balaban J connectivity index is 1.62. The molecule has 0 fully saturated rings. The molecule has 0 unspecified atom stereocenters. The Bertz CT molecular complexity index is 442. The molecule has 0 heterocycles. The van der Waals surface area contributed by atoms with Crippen LogP contribution in [0.5, 0.6) is 0 Å². The topological polar surface area (TPSA) is 0 Å². The zero-order valence-electron chi connectivity index (χ0n) is 11.8. The average molecular weight is 252 g/mol. The summed E-state index contributed by atoms with van der Waals surface area (Å²) in [6.45, 7) is 0. The molecule has 0 saturated carbocycles. The third kappa shape index (κ3) is 5.79. The standard InChI is InChI=1S/C19H24/c1-2-7-13-18(12-6-1)14-8-3-4-9-15-19-16-10-5-11-17-19/h5,10-12,16-17H,1-4,6-8,13-14H2. The molecule has 1 aromatic carbocycles. The predicted octanol–water partition coefficient (Wildman–Crippen LogP) is 5.49. The first-order chi connectivity index (χ1) is 9.45. The van der Waals surface area contributed by atoms with Crippen molar-refractivity contribution in [1.29, 1.82) is 0 Å². The average Bonchev–Trinajstić information content (AvgIpc) is 2.72. The van der Waals surface area contributed by atoms with Crippen LogP contribution in [0.4, 0.5) is 0 Å². The van der Waals surface area contributed by atoms with Gasteiger partial charge in [-0.25, -0.2) is 0 Å². The van der Waals surface area contributed by atoms with E-state index < -0.39 is 0 Å². The smallest absolute Gasteiger partial charge is 0.0245 e. The van der Waals surface area contributed by atoms with Crippen molar-refractivity contribution >= 4 is 0 Å². The SMILES string of the molecule is C(#Cc1ccccc1)CCCCC1=CCCCCC1. The van der Waals surface area contributed by atoms with E-state index in [1.165, 1.54) is 51.4 Å². The van der Waals surface area contributed by atoms with Gasteiger partial charge in [0.25, 0.3) is 0 Å². The van der Waals surface area contributed by atoms with Gasteiger partial charge in [0, 0.05) is 12.0 Å². The molecule has 1 aromatic rings. The number of rotatable bonds is 4. The van der Waals surface area contributed by atoms with Crippen molar-refractivity contribution in [3.63, 3.8) is 0 Å². The quantitative estimate of drug-likeness (QED) is 0.377. The van der Waals surface area contributed by atoms with E-state index in [0.29, 0.717) is 0 Å². The van der Waals surface area contributed by atoms with Crippen molar-refractivity contribution in [2.24, 2.45) is 0 Å². The highest BCUT2D eigenvalue weighted by molar-refractivity contribution is 5.33. The Kier molecular flexibility index (Phi) is 6.30. The summed E-state index contributed by atoms with van der Waals surface area (Å²) < 4.78 is 0. The number of allylic oxidation sites excluding steroid dienone is 2. The maximum Gasteiger partial charge on any atom is 0.0245 e. The number of hydrogen-bond acceptors (Lipinski definition) is 0. The maximum atomic E-state index is 3.28. The van der Waals surface area contributed by atoms with Gasteiger partial charge in [-0.1, -0.05) is 48.1 Å². The second-order valence-electron chi connectivity index (χ2n) is 5.34. The minimum atomic E-state index is 1.03. The van der Waals surface area contributed by atoms with Gasteiger partial charge in [-0.05, 0) is 57.1 Å². The normalized spacial score (nSPS) is 15.1. The molecule has 0 heteroatoms. The van der Waals surface area contributed by atoms with Crippen molar-refractivity contribution in [2.45, 2.75) is 57.8 Å². The van der Waals surface area contributed by atoms with Crippen molar-refractivity contribution in [3.8, 4) is 11.8 Å². The first-order valence-electron chi connectivity index (χ1n) is 7.67. The first kappa shape index (κ1) is 13.9. The van der Waals surface area contributed by atoms with Crippen LogP contribution in [0.2, 0.25) is 0 Å². The minimum Gasteiger partial charge on any atom is -0.0979 e. The first-order valence-corrected chi connectivity index (χ1v) is 7.67. The molecular weight excluding hydrogens is 228 g/mol. The van der Waals surface area contributed by atoms with Crippen LogP contribution in [-0.4, -0.2) is 0 Å². The van der Waals surface area contributed by atoms with E-state index in [2.05, 4.69) is 30.0 Å². The molecule has 2 rings (SSSR count). The number of benzene rings is 1. The summed E-state index contributed by atoms with van der Waals surface area (Å²) in [7, 11) is 0. The predicted molar refractivity (Wildman–Crippen MR) is 83.0 cm³/mol. The highest BCUT2D eigenvalue weighted by Crippen LogP contribution is 2.21. The molecule has 19 heavy (non-hydrogen) atoms. The van der Waals surface area contributed by atoms with Crippen LogP contribution < -0.4 is 0 Å². The lowest BCUT2D eigenvalue weighted by Crippen LogP contribution is -1.84. The summed E-state index contributed by atoms with van der Waals surface area (Å²) in [5.74, 6) is 6.51. The second kappa shape index (κ2) is 8.59. The molecule has 0 radical (unpaired) electrons. The van der Waals surface area contributed by atoms with Crippen LogP contribution in [0.15, 0.2) is 42.0 Å². The van der Waals surface area contributed by atoms with Crippen molar-refractivity contribution in [2.75, 3.05) is 0 Å². The van der Waals surface area contributed by atoms with E-state index in [4.69, 9.17) is 0 Å². The van der Waals surface area contributed by atoms with Crippen LogP contribution in [-0.2, 0) is 0 Å². The minimum absolute atomic E-state index is 1.03. The fraction of sp³-hybridized carbons (Fsp3) is 0.474. The van der Waals surface area contributed by atoms with Gasteiger partial charge < -0.3 is 0 Å². The van der Waals surface area contributed by atoms with E-state index in [0.717, 1.165) is 12.0 Å². The molecular formula is C19H24. The monoisotopic (exact) mass is 252 g/mol. The van der Waals surface area contributed by atoms with Crippen molar-refractivity contribution in [1.82, 2.24) is 0 Å². The molecule has 0 N–H and O–H groups in total. The zero-order valence-corrected chi connectivity index (χ0v) is 11.8. The summed E-state index contributed by atoms with van der Waals surface area (Å²) in [6.07, 6.45) is 14.2. The Labute approximate surface area is 117 Å². The van der Waals surface area contributed by atoms with Crippen LogP contribution in [0.3, 0.4) is 0 Å². The summed E-state index contributed by atoms with van der Waals surface area (Å²) >= 11 is 0. The van der Waals surface area contributed by atoms with Gasteiger partial charge >= 0.3 is 0 Å².